The number of carbonyl (C=O) groups is 1. The molecule has 3 aromatic carbocycles. The van der Waals surface area contributed by atoms with E-state index in [1.807, 2.05) is 28.8 Å². The zero-order chi connectivity index (χ0) is 21.1. The van der Waals surface area contributed by atoms with Gasteiger partial charge in [-0.05, 0) is 53.3 Å². The molecule has 0 amide bonds. The Kier molecular flexibility index (Phi) is 4.15. The van der Waals surface area contributed by atoms with Crippen LogP contribution in [0.25, 0.3) is 21.8 Å². The lowest BCUT2D eigenvalue weighted by atomic mass is 9.99. The van der Waals surface area contributed by atoms with Crippen molar-refractivity contribution in [2.45, 2.75) is 38.3 Å². The number of carbonyl (C=O) groups excluding carboxylic acids is 1. The van der Waals surface area contributed by atoms with Crippen LogP contribution in [-0.4, -0.2) is 33.0 Å². The van der Waals surface area contributed by atoms with Crippen LogP contribution >= 0.6 is 0 Å². The van der Waals surface area contributed by atoms with Gasteiger partial charge in [0.05, 0.1) is 11.0 Å². The highest BCUT2D eigenvalue weighted by molar-refractivity contribution is 5.91. The first-order valence-electron chi connectivity index (χ1n) is 11.1. The van der Waals surface area contributed by atoms with E-state index in [1.54, 1.807) is 0 Å². The van der Waals surface area contributed by atoms with E-state index >= 15 is 0 Å². The summed E-state index contributed by atoms with van der Waals surface area (Å²) in [5.74, 6) is -0.228. The van der Waals surface area contributed by atoms with Crippen molar-refractivity contribution in [3.63, 3.8) is 0 Å². The Morgan fingerprint density at radius 1 is 0.903 bits per heavy atom. The Bertz CT molecular complexity index is 1380. The van der Waals surface area contributed by atoms with Crippen LogP contribution in [0.5, 0.6) is 0 Å². The minimum Gasteiger partial charge on any atom is -0.296 e. The lowest BCUT2D eigenvalue weighted by Gasteiger charge is -2.36. The maximum atomic E-state index is 13.1. The number of fused-ring (bicyclic) bond motifs is 1. The van der Waals surface area contributed by atoms with Crippen LogP contribution in [0.3, 0.4) is 0 Å². The quantitative estimate of drug-likeness (QED) is 0.486. The third-order valence-electron chi connectivity index (χ3n) is 7.19. The summed E-state index contributed by atoms with van der Waals surface area (Å²) in [6.07, 6.45) is 2.88. The molecule has 1 aromatic heterocycles. The summed E-state index contributed by atoms with van der Waals surface area (Å²) in [5.41, 5.74) is 4.25. The first-order chi connectivity index (χ1) is 15.1. The van der Waals surface area contributed by atoms with Gasteiger partial charge < -0.3 is 0 Å². The number of aromatic nitrogens is 2. The molecule has 2 aliphatic rings. The topological polar surface area (TPSA) is 47.2 Å². The third kappa shape index (κ3) is 2.73. The van der Waals surface area contributed by atoms with E-state index in [1.165, 1.54) is 33.4 Å². The summed E-state index contributed by atoms with van der Waals surface area (Å²) >= 11 is 0. The highest BCUT2D eigenvalue weighted by Crippen LogP contribution is 2.41. The fourth-order valence-corrected chi connectivity index (χ4v) is 5.83. The molecule has 0 radical (unpaired) electrons. The summed E-state index contributed by atoms with van der Waals surface area (Å²) < 4.78 is 3.17. The summed E-state index contributed by atoms with van der Waals surface area (Å²) in [5, 5.41) is 2.76. The molecule has 0 bridgehead atoms. The van der Waals surface area contributed by atoms with E-state index in [0.29, 0.717) is 11.6 Å². The number of imidazole rings is 1. The van der Waals surface area contributed by atoms with Gasteiger partial charge in [0, 0.05) is 32.1 Å². The lowest BCUT2D eigenvalue weighted by molar-refractivity contribution is 0.0934. The summed E-state index contributed by atoms with van der Waals surface area (Å²) in [4.78, 5) is 27.9. The number of hydrogen-bond acceptors (Lipinski definition) is 3. The van der Waals surface area contributed by atoms with E-state index in [4.69, 9.17) is 0 Å². The van der Waals surface area contributed by atoms with Gasteiger partial charge in [-0.25, -0.2) is 9.36 Å². The van der Waals surface area contributed by atoms with Crippen LogP contribution in [0.4, 0.5) is 0 Å². The molecule has 0 spiro atoms. The van der Waals surface area contributed by atoms with Crippen LogP contribution in [0, 0.1) is 0 Å². The Balaban J connectivity index is 1.30. The van der Waals surface area contributed by atoms with Gasteiger partial charge in [-0.1, -0.05) is 48.5 Å². The standard InChI is InChI=1S/C26H25N3O2/c1-17(30)28-22-10-2-3-11-23(22)29(26(28)31)20-12-14-27(15-13-20)24-16-19-8-4-6-18-7-5-9-21(24)25(18)19/h2-11,20,24H,12-16H2,1H3/t24-/m1/s1. The fourth-order valence-electron chi connectivity index (χ4n) is 5.83. The van der Waals surface area contributed by atoms with Crippen LogP contribution in [0.1, 0.15) is 47.8 Å². The first kappa shape index (κ1) is 18.6. The molecule has 2 heterocycles. The smallest absolute Gasteiger partial charge is 0.296 e. The normalized spacial score (nSPS) is 19.5. The molecule has 0 unspecified atom stereocenters. The molecule has 1 aliphatic carbocycles. The van der Waals surface area contributed by atoms with Crippen molar-refractivity contribution in [2.75, 3.05) is 13.1 Å². The number of rotatable bonds is 2. The number of hydrogen-bond donors (Lipinski definition) is 0. The largest absolute Gasteiger partial charge is 0.336 e. The SMILES string of the molecule is CC(=O)n1c(=O)n(C2CCN([C@@H]3Cc4cccc5cccc3c45)CC2)c2ccccc21. The number of para-hydroxylation sites is 2. The first-order valence-corrected chi connectivity index (χ1v) is 11.1. The maximum Gasteiger partial charge on any atom is 0.336 e. The molecule has 5 nitrogen and oxygen atoms in total. The highest BCUT2D eigenvalue weighted by Gasteiger charge is 2.33. The lowest BCUT2D eigenvalue weighted by Crippen LogP contribution is -2.40. The minimum absolute atomic E-state index is 0.119. The molecule has 6 rings (SSSR count). The van der Waals surface area contributed by atoms with Gasteiger partial charge in [0.15, 0.2) is 0 Å². The van der Waals surface area contributed by atoms with Gasteiger partial charge in [0.2, 0.25) is 5.91 Å². The average molecular weight is 412 g/mol. The van der Waals surface area contributed by atoms with Crippen molar-refractivity contribution < 1.29 is 4.79 Å². The van der Waals surface area contributed by atoms with Crippen LogP contribution in [0.2, 0.25) is 0 Å². The second-order valence-corrected chi connectivity index (χ2v) is 8.85. The molecule has 0 N–H and O–H groups in total. The molecule has 0 saturated carbocycles. The summed E-state index contributed by atoms with van der Waals surface area (Å²) in [6, 6.07) is 21.4. The van der Waals surface area contributed by atoms with Gasteiger partial charge in [-0.3, -0.25) is 14.3 Å². The van der Waals surface area contributed by atoms with Crippen molar-refractivity contribution in [3.8, 4) is 0 Å². The number of benzene rings is 3. The molecule has 1 atom stereocenters. The van der Waals surface area contributed by atoms with Crippen molar-refractivity contribution in [2.24, 2.45) is 0 Å². The van der Waals surface area contributed by atoms with Crippen molar-refractivity contribution in [3.05, 3.63) is 82.3 Å². The predicted molar refractivity (Wildman–Crippen MR) is 123 cm³/mol. The molecule has 1 aliphatic heterocycles. The van der Waals surface area contributed by atoms with Gasteiger partial charge in [-0.2, -0.15) is 0 Å². The zero-order valence-electron chi connectivity index (χ0n) is 17.6. The molecule has 1 saturated heterocycles. The molecule has 5 heteroatoms. The van der Waals surface area contributed by atoms with Crippen molar-refractivity contribution in [1.82, 2.24) is 14.0 Å². The molecule has 156 valence electrons. The molecule has 4 aromatic rings. The predicted octanol–water partition coefficient (Wildman–Crippen LogP) is 4.55. The second kappa shape index (κ2) is 6.92. The van der Waals surface area contributed by atoms with Gasteiger partial charge in [0.1, 0.15) is 0 Å². The summed E-state index contributed by atoms with van der Waals surface area (Å²) in [7, 11) is 0. The number of likely N-dealkylation sites (tertiary alicyclic amines) is 1. The van der Waals surface area contributed by atoms with Gasteiger partial charge in [0.25, 0.3) is 0 Å². The molecule has 1 fully saturated rings. The van der Waals surface area contributed by atoms with Crippen LogP contribution in [-0.2, 0) is 6.42 Å². The van der Waals surface area contributed by atoms with Crippen molar-refractivity contribution in [1.29, 1.82) is 0 Å². The van der Waals surface area contributed by atoms with Crippen LogP contribution < -0.4 is 5.69 Å². The number of piperidine rings is 1. The van der Waals surface area contributed by atoms with Gasteiger partial charge in [-0.15, -0.1) is 0 Å². The van der Waals surface area contributed by atoms with Crippen molar-refractivity contribution >= 4 is 27.7 Å². The van der Waals surface area contributed by atoms with E-state index in [0.717, 1.165) is 37.9 Å². The van der Waals surface area contributed by atoms with Crippen LogP contribution in [0.15, 0.2) is 65.5 Å². The van der Waals surface area contributed by atoms with E-state index in [2.05, 4.69) is 41.3 Å². The Morgan fingerprint density at radius 2 is 1.61 bits per heavy atom. The van der Waals surface area contributed by atoms with Gasteiger partial charge >= 0.3 is 5.69 Å². The van der Waals surface area contributed by atoms with E-state index in [9.17, 15) is 9.59 Å². The minimum atomic E-state index is -0.228. The zero-order valence-corrected chi connectivity index (χ0v) is 17.6. The summed E-state index contributed by atoms with van der Waals surface area (Å²) in [6.45, 7) is 3.36. The molecule has 31 heavy (non-hydrogen) atoms. The average Bonchev–Trinajstić information content (AvgIpc) is 3.30. The Hall–Kier alpha value is -3.18. The molecular formula is C26H25N3O2. The second-order valence-electron chi connectivity index (χ2n) is 8.85. The Labute approximate surface area is 180 Å². The third-order valence-corrected chi connectivity index (χ3v) is 7.19. The monoisotopic (exact) mass is 411 g/mol. The van der Waals surface area contributed by atoms with E-state index in [-0.39, 0.29) is 17.6 Å². The molecular weight excluding hydrogens is 386 g/mol. The fraction of sp³-hybridized carbons (Fsp3) is 0.308. The number of nitrogens with zero attached hydrogens (tertiary/aromatic N) is 3. The Morgan fingerprint density at radius 3 is 2.35 bits per heavy atom. The van der Waals surface area contributed by atoms with E-state index < -0.39 is 0 Å². The highest BCUT2D eigenvalue weighted by atomic mass is 16.2. The maximum absolute atomic E-state index is 13.1.